The molecule has 0 aliphatic rings. The van der Waals surface area contributed by atoms with Crippen LogP contribution in [0.25, 0.3) is 0 Å². The minimum absolute atomic E-state index is 0.136. The number of nitrogens with zero attached hydrogens (tertiary/aromatic N) is 1. The van der Waals surface area contributed by atoms with E-state index in [0.717, 1.165) is 11.3 Å². The Morgan fingerprint density at radius 1 is 1.24 bits per heavy atom. The minimum atomic E-state index is -0.136. The molecule has 0 radical (unpaired) electrons. The molecule has 2 N–H and O–H groups in total. The van der Waals surface area contributed by atoms with Crippen molar-refractivity contribution >= 4 is 11.6 Å². The van der Waals surface area contributed by atoms with E-state index in [0.29, 0.717) is 12.2 Å². The van der Waals surface area contributed by atoms with E-state index in [1.54, 1.807) is 31.4 Å². The monoisotopic (exact) mass is 286 g/mol. The van der Waals surface area contributed by atoms with Gasteiger partial charge in [-0.25, -0.2) is 10.4 Å². The van der Waals surface area contributed by atoms with Crippen LogP contribution in [0.3, 0.4) is 0 Å². The summed E-state index contributed by atoms with van der Waals surface area (Å²) in [5, 5.41) is 10.7. The highest BCUT2D eigenvalue weighted by molar-refractivity contribution is 5.90. The van der Waals surface area contributed by atoms with Crippen LogP contribution in [0.2, 0.25) is 0 Å². The van der Waals surface area contributed by atoms with Crippen LogP contribution in [-0.2, 0) is 11.3 Å². The Hall–Kier alpha value is -2.53. The lowest BCUT2D eigenvalue weighted by atomic mass is 10.2. The summed E-state index contributed by atoms with van der Waals surface area (Å²) < 4.78 is 5.17. The number of hydrogen-bond donors (Lipinski definition) is 2. The summed E-state index contributed by atoms with van der Waals surface area (Å²) in [5.74, 6) is 0.798. The van der Waals surface area contributed by atoms with Crippen molar-refractivity contribution in [3.63, 3.8) is 0 Å². The van der Waals surface area contributed by atoms with E-state index >= 15 is 0 Å². The van der Waals surface area contributed by atoms with Gasteiger partial charge in [-0.2, -0.15) is 0 Å². The van der Waals surface area contributed by atoms with E-state index in [4.69, 9.17) is 4.74 Å². The van der Waals surface area contributed by atoms with Gasteiger partial charge in [-0.05, 0) is 42.0 Å². The van der Waals surface area contributed by atoms with Crippen LogP contribution in [0.4, 0.5) is 5.69 Å². The summed E-state index contributed by atoms with van der Waals surface area (Å²) in [6.07, 6.45) is 0. The van der Waals surface area contributed by atoms with Crippen molar-refractivity contribution in [3.8, 4) is 11.5 Å². The molecule has 0 aliphatic carbocycles. The maximum Gasteiger partial charge on any atom is 0.238 e. The molecule has 0 saturated carbocycles. The zero-order chi connectivity index (χ0) is 15.2. The summed E-state index contributed by atoms with van der Waals surface area (Å²) >= 11 is 0. The molecule has 2 aromatic carbocycles. The summed E-state index contributed by atoms with van der Waals surface area (Å²) in [6.45, 7) is 1.96. The SMILES string of the molecule is COc1cccc(CNN(C(C)=O)c2ccc(O)cc2)c1. The van der Waals surface area contributed by atoms with E-state index in [1.165, 1.54) is 11.9 Å². The third-order valence-electron chi connectivity index (χ3n) is 3.00. The number of ether oxygens (including phenoxy) is 1. The van der Waals surface area contributed by atoms with Crippen molar-refractivity contribution in [1.29, 1.82) is 0 Å². The van der Waals surface area contributed by atoms with Crippen molar-refractivity contribution < 1.29 is 14.6 Å². The fourth-order valence-electron chi connectivity index (χ4n) is 1.94. The molecule has 0 aliphatic heterocycles. The summed E-state index contributed by atoms with van der Waals surface area (Å²) in [5.41, 5.74) is 4.74. The maximum absolute atomic E-state index is 11.7. The molecule has 0 saturated heterocycles. The van der Waals surface area contributed by atoms with Crippen LogP contribution in [0, 0.1) is 0 Å². The van der Waals surface area contributed by atoms with Gasteiger partial charge in [0.15, 0.2) is 0 Å². The van der Waals surface area contributed by atoms with Gasteiger partial charge >= 0.3 is 0 Å². The van der Waals surface area contributed by atoms with Gasteiger partial charge in [0.2, 0.25) is 5.91 Å². The van der Waals surface area contributed by atoms with Crippen LogP contribution in [0.5, 0.6) is 11.5 Å². The molecule has 110 valence electrons. The molecular formula is C16H18N2O3. The van der Waals surface area contributed by atoms with E-state index in [2.05, 4.69) is 5.43 Å². The second kappa shape index (κ2) is 6.76. The number of benzene rings is 2. The average molecular weight is 286 g/mol. The van der Waals surface area contributed by atoms with Gasteiger partial charge in [0.25, 0.3) is 0 Å². The predicted octanol–water partition coefficient (Wildman–Crippen LogP) is 2.46. The summed E-state index contributed by atoms with van der Waals surface area (Å²) in [4.78, 5) is 11.7. The first-order chi connectivity index (χ1) is 10.1. The first-order valence-corrected chi connectivity index (χ1v) is 6.56. The van der Waals surface area contributed by atoms with Crippen LogP contribution >= 0.6 is 0 Å². The Labute approximate surface area is 123 Å². The molecule has 2 rings (SSSR count). The zero-order valence-corrected chi connectivity index (χ0v) is 12.0. The van der Waals surface area contributed by atoms with Gasteiger partial charge in [-0.1, -0.05) is 12.1 Å². The molecule has 5 nitrogen and oxygen atoms in total. The lowest BCUT2D eigenvalue weighted by Crippen LogP contribution is -2.41. The van der Waals surface area contributed by atoms with Gasteiger partial charge in [-0.15, -0.1) is 0 Å². The largest absolute Gasteiger partial charge is 0.508 e. The number of hydrazine groups is 1. The average Bonchev–Trinajstić information content (AvgIpc) is 2.49. The van der Waals surface area contributed by atoms with Crippen LogP contribution in [0.15, 0.2) is 48.5 Å². The van der Waals surface area contributed by atoms with Crippen molar-refractivity contribution in [3.05, 3.63) is 54.1 Å². The number of aromatic hydroxyl groups is 1. The lowest BCUT2D eigenvalue weighted by molar-refractivity contribution is -0.117. The Morgan fingerprint density at radius 2 is 1.95 bits per heavy atom. The van der Waals surface area contributed by atoms with Gasteiger partial charge in [-0.3, -0.25) is 4.79 Å². The molecule has 0 aromatic heterocycles. The molecule has 2 aromatic rings. The van der Waals surface area contributed by atoms with Crippen LogP contribution in [0.1, 0.15) is 12.5 Å². The lowest BCUT2D eigenvalue weighted by Gasteiger charge is -2.22. The number of rotatable bonds is 5. The molecule has 21 heavy (non-hydrogen) atoms. The molecule has 0 fully saturated rings. The van der Waals surface area contributed by atoms with Gasteiger partial charge in [0.05, 0.1) is 12.8 Å². The fourth-order valence-corrected chi connectivity index (χ4v) is 1.94. The van der Waals surface area contributed by atoms with Crippen LogP contribution < -0.4 is 15.2 Å². The molecule has 0 spiro atoms. The second-order valence-corrected chi connectivity index (χ2v) is 4.56. The van der Waals surface area contributed by atoms with Crippen molar-refractivity contribution in [2.45, 2.75) is 13.5 Å². The highest BCUT2D eigenvalue weighted by Crippen LogP contribution is 2.18. The third kappa shape index (κ3) is 3.97. The summed E-state index contributed by atoms with van der Waals surface area (Å²) in [6, 6.07) is 14.1. The van der Waals surface area contributed by atoms with Crippen molar-refractivity contribution in [2.24, 2.45) is 0 Å². The van der Waals surface area contributed by atoms with Crippen LogP contribution in [-0.4, -0.2) is 18.1 Å². The normalized spacial score (nSPS) is 10.2. The maximum atomic E-state index is 11.7. The number of anilines is 1. The smallest absolute Gasteiger partial charge is 0.238 e. The van der Waals surface area contributed by atoms with E-state index in [9.17, 15) is 9.90 Å². The number of carbonyl (C=O) groups is 1. The quantitative estimate of drug-likeness (QED) is 0.829. The number of phenolic OH excluding ortho intramolecular Hbond substituents is 1. The number of nitrogens with one attached hydrogen (secondary N) is 1. The Morgan fingerprint density at radius 3 is 2.57 bits per heavy atom. The first kappa shape index (κ1) is 14.9. The predicted molar refractivity (Wildman–Crippen MR) is 81.1 cm³/mol. The Balaban J connectivity index is 2.10. The van der Waals surface area contributed by atoms with Gasteiger partial charge in [0.1, 0.15) is 11.5 Å². The van der Waals surface area contributed by atoms with E-state index in [1.807, 2.05) is 24.3 Å². The second-order valence-electron chi connectivity index (χ2n) is 4.56. The van der Waals surface area contributed by atoms with E-state index < -0.39 is 0 Å². The third-order valence-corrected chi connectivity index (χ3v) is 3.00. The molecule has 5 heteroatoms. The Bertz CT molecular complexity index is 611. The molecule has 0 unspecified atom stereocenters. The fraction of sp³-hybridized carbons (Fsp3) is 0.188. The minimum Gasteiger partial charge on any atom is -0.508 e. The summed E-state index contributed by atoms with van der Waals surface area (Å²) in [7, 11) is 1.62. The molecular weight excluding hydrogens is 268 g/mol. The zero-order valence-electron chi connectivity index (χ0n) is 12.0. The number of hydrogen-bond acceptors (Lipinski definition) is 4. The number of methoxy groups -OCH3 is 1. The van der Waals surface area contributed by atoms with E-state index in [-0.39, 0.29) is 11.7 Å². The highest BCUT2D eigenvalue weighted by Gasteiger charge is 2.11. The molecule has 0 bridgehead atoms. The van der Waals surface area contributed by atoms with Gasteiger partial charge < -0.3 is 9.84 Å². The van der Waals surface area contributed by atoms with Crippen molar-refractivity contribution in [2.75, 3.05) is 12.1 Å². The van der Waals surface area contributed by atoms with Crippen molar-refractivity contribution in [1.82, 2.24) is 5.43 Å². The Kier molecular flexibility index (Phi) is 4.79. The first-order valence-electron chi connectivity index (χ1n) is 6.56. The van der Waals surface area contributed by atoms with Gasteiger partial charge in [0, 0.05) is 13.5 Å². The molecule has 0 heterocycles. The molecule has 0 atom stereocenters. The highest BCUT2D eigenvalue weighted by atomic mass is 16.5. The topological polar surface area (TPSA) is 61.8 Å². The number of amides is 1. The number of phenols is 1. The standard InChI is InChI=1S/C16H18N2O3/c1-12(19)18(14-6-8-15(20)9-7-14)17-11-13-4-3-5-16(10-13)21-2/h3-10,17,20H,11H2,1-2H3. The number of carbonyl (C=O) groups excluding carboxylic acids is 1. The molecule has 1 amide bonds.